The normalized spacial score (nSPS) is 17.9. The van der Waals surface area contributed by atoms with Gasteiger partial charge in [0.15, 0.2) is 9.84 Å². The third-order valence-corrected chi connectivity index (χ3v) is 10.2. The standard InChI is InChI=1S/C30H32Cl2N4O4S/c1-4-35(5-2)19-11-12-36(16-19)30(38)23-13-18(3)33-28(23)15-22-21-14-20(9-10-27(21)34-29(22)37)41(39,40)17-24-25(31)7-6-8-26(24)32/h6-10,13-15,19,33H,4-5,11-12,16-17H2,1-3H3,(H,34,37)/b22-15-. The molecule has 3 heterocycles. The summed E-state index contributed by atoms with van der Waals surface area (Å²) in [6, 6.07) is 11.4. The molecule has 1 aromatic heterocycles. The number of likely N-dealkylation sites (tertiary alicyclic amines) is 1. The van der Waals surface area contributed by atoms with Crippen molar-refractivity contribution in [3.8, 4) is 0 Å². The minimum Gasteiger partial charge on any atom is -0.358 e. The molecule has 1 unspecified atom stereocenters. The van der Waals surface area contributed by atoms with Crippen LogP contribution in [0.5, 0.6) is 0 Å². The number of hydrogen-bond donors (Lipinski definition) is 2. The number of aromatic amines is 1. The van der Waals surface area contributed by atoms with E-state index in [1.54, 1.807) is 36.4 Å². The molecule has 1 saturated heterocycles. The second-order valence-electron chi connectivity index (χ2n) is 10.4. The number of nitrogens with zero attached hydrogens (tertiary/aromatic N) is 2. The highest BCUT2D eigenvalue weighted by Crippen LogP contribution is 2.37. The van der Waals surface area contributed by atoms with E-state index >= 15 is 0 Å². The molecule has 0 radical (unpaired) electrons. The summed E-state index contributed by atoms with van der Waals surface area (Å²) in [6.45, 7) is 9.29. The first kappa shape index (κ1) is 29.4. The van der Waals surface area contributed by atoms with Crippen molar-refractivity contribution in [2.75, 3.05) is 31.5 Å². The van der Waals surface area contributed by atoms with Gasteiger partial charge < -0.3 is 15.2 Å². The van der Waals surface area contributed by atoms with E-state index in [1.807, 2.05) is 11.8 Å². The molecule has 2 aromatic carbocycles. The van der Waals surface area contributed by atoms with Crippen LogP contribution < -0.4 is 5.32 Å². The molecule has 11 heteroatoms. The summed E-state index contributed by atoms with van der Waals surface area (Å²) in [6.07, 6.45) is 2.54. The van der Waals surface area contributed by atoms with Crippen molar-refractivity contribution in [3.63, 3.8) is 0 Å². The molecule has 8 nitrogen and oxygen atoms in total. The molecule has 0 saturated carbocycles. The maximum atomic E-state index is 13.6. The Labute approximate surface area is 250 Å². The Kier molecular flexibility index (Phi) is 8.34. The van der Waals surface area contributed by atoms with Crippen LogP contribution >= 0.6 is 23.2 Å². The first-order valence-electron chi connectivity index (χ1n) is 13.6. The molecule has 2 aliphatic heterocycles. The lowest BCUT2D eigenvalue weighted by molar-refractivity contribution is -0.110. The molecular formula is C30H32Cl2N4O4S. The molecule has 1 fully saturated rings. The molecule has 1 atom stereocenters. The van der Waals surface area contributed by atoms with Crippen LogP contribution in [0.15, 0.2) is 47.4 Å². The van der Waals surface area contributed by atoms with Gasteiger partial charge in [-0.15, -0.1) is 0 Å². The number of sulfone groups is 1. The number of halogens is 2. The molecule has 2 aliphatic rings. The predicted octanol–water partition coefficient (Wildman–Crippen LogP) is 5.65. The number of aromatic nitrogens is 1. The Morgan fingerprint density at radius 3 is 2.51 bits per heavy atom. The Morgan fingerprint density at radius 1 is 1.12 bits per heavy atom. The van der Waals surface area contributed by atoms with Gasteiger partial charge in [-0.2, -0.15) is 0 Å². The lowest BCUT2D eigenvalue weighted by Crippen LogP contribution is -2.38. The molecule has 0 spiro atoms. The van der Waals surface area contributed by atoms with Gasteiger partial charge in [0, 0.05) is 51.7 Å². The summed E-state index contributed by atoms with van der Waals surface area (Å²) < 4.78 is 26.7. The summed E-state index contributed by atoms with van der Waals surface area (Å²) in [7, 11) is -3.85. The molecule has 2 amide bonds. The minimum absolute atomic E-state index is 0.0353. The van der Waals surface area contributed by atoms with Crippen molar-refractivity contribution < 1.29 is 18.0 Å². The molecular weight excluding hydrogens is 583 g/mol. The second-order valence-corrected chi connectivity index (χ2v) is 13.2. The number of nitrogens with one attached hydrogen (secondary N) is 2. The largest absolute Gasteiger partial charge is 0.358 e. The second kappa shape index (κ2) is 11.6. The minimum atomic E-state index is -3.85. The Hall–Kier alpha value is -3.11. The number of carbonyl (C=O) groups is 2. The fraction of sp³-hybridized carbons (Fsp3) is 0.333. The number of benzene rings is 2. The van der Waals surface area contributed by atoms with E-state index in [0.29, 0.717) is 47.2 Å². The lowest BCUT2D eigenvalue weighted by Gasteiger charge is -2.26. The molecule has 216 valence electrons. The van der Waals surface area contributed by atoms with Gasteiger partial charge in [0.25, 0.3) is 11.8 Å². The summed E-state index contributed by atoms with van der Waals surface area (Å²) in [5.74, 6) is -0.858. The van der Waals surface area contributed by atoms with Crippen molar-refractivity contribution in [2.24, 2.45) is 0 Å². The first-order valence-corrected chi connectivity index (χ1v) is 16.0. The number of fused-ring (bicyclic) bond motifs is 1. The zero-order valence-electron chi connectivity index (χ0n) is 23.1. The third-order valence-electron chi connectivity index (χ3n) is 7.81. The van der Waals surface area contributed by atoms with Crippen molar-refractivity contribution in [3.05, 3.63) is 80.6 Å². The molecule has 41 heavy (non-hydrogen) atoms. The number of carbonyl (C=O) groups excluding carboxylic acids is 2. The summed E-state index contributed by atoms with van der Waals surface area (Å²) >= 11 is 12.5. The van der Waals surface area contributed by atoms with Crippen LogP contribution in [0, 0.1) is 6.92 Å². The van der Waals surface area contributed by atoms with Crippen LogP contribution in [-0.2, 0) is 20.4 Å². The van der Waals surface area contributed by atoms with Crippen LogP contribution in [0.1, 0.15) is 53.1 Å². The number of H-pyrrole nitrogens is 1. The third kappa shape index (κ3) is 5.81. The van der Waals surface area contributed by atoms with E-state index in [9.17, 15) is 18.0 Å². The molecule has 2 N–H and O–H groups in total. The SMILES string of the molecule is CCN(CC)C1CCN(C(=O)c2cc(C)[nH]c2/C=C2\C(=O)Nc3ccc(S(=O)(=O)Cc4c(Cl)cccc4Cl)cc32)C1. The Morgan fingerprint density at radius 2 is 1.83 bits per heavy atom. The molecule has 5 rings (SSSR count). The Balaban J connectivity index is 1.46. The first-order chi connectivity index (χ1) is 19.5. The van der Waals surface area contributed by atoms with Gasteiger partial charge in [-0.1, -0.05) is 43.1 Å². The maximum Gasteiger partial charge on any atom is 0.256 e. The lowest BCUT2D eigenvalue weighted by atomic mass is 10.0. The van der Waals surface area contributed by atoms with Gasteiger partial charge >= 0.3 is 0 Å². The highest BCUT2D eigenvalue weighted by atomic mass is 35.5. The predicted molar refractivity (Wildman–Crippen MR) is 163 cm³/mol. The van der Waals surface area contributed by atoms with Crippen LogP contribution in [-0.4, -0.2) is 67.2 Å². The summed E-state index contributed by atoms with van der Waals surface area (Å²) in [5.41, 5.74) is 3.29. The van der Waals surface area contributed by atoms with E-state index in [2.05, 4.69) is 29.0 Å². The summed E-state index contributed by atoms with van der Waals surface area (Å²) in [4.78, 5) is 34.1. The van der Waals surface area contributed by atoms with E-state index in [-0.39, 0.29) is 38.1 Å². The molecule has 0 aliphatic carbocycles. The van der Waals surface area contributed by atoms with Crippen molar-refractivity contribution >= 4 is 62.2 Å². The van der Waals surface area contributed by atoms with Gasteiger partial charge in [0.05, 0.1) is 27.5 Å². The van der Waals surface area contributed by atoms with Crippen LogP contribution in [0.3, 0.4) is 0 Å². The van der Waals surface area contributed by atoms with Gasteiger partial charge in [0.2, 0.25) is 0 Å². The monoisotopic (exact) mass is 614 g/mol. The van der Waals surface area contributed by atoms with E-state index < -0.39 is 9.84 Å². The maximum absolute atomic E-state index is 13.6. The van der Waals surface area contributed by atoms with E-state index in [1.165, 1.54) is 12.1 Å². The summed E-state index contributed by atoms with van der Waals surface area (Å²) in [5, 5.41) is 3.33. The smallest absolute Gasteiger partial charge is 0.256 e. The number of hydrogen-bond acceptors (Lipinski definition) is 5. The zero-order chi connectivity index (χ0) is 29.5. The average Bonchev–Trinajstić information content (AvgIpc) is 3.64. The highest BCUT2D eigenvalue weighted by molar-refractivity contribution is 7.90. The van der Waals surface area contributed by atoms with Gasteiger partial charge in [-0.05, 0) is 68.9 Å². The van der Waals surface area contributed by atoms with Gasteiger partial charge in [-0.3, -0.25) is 14.5 Å². The average molecular weight is 616 g/mol. The Bertz CT molecular complexity index is 1640. The van der Waals surface area contributed by atoms with Crippen LogP contribution in [0.25, 0.3) is 11.6 Å². The quantitative estimate of drug-likeness (QED) is 0.319. The van der Waals surface area contributed by atoms with Crippen molar-refractivity contribution in [1.29, 1.82) is 0 Å². The zero-order valence-corrected chi connectivity index (χ0v) is 25.5. The number of anilines is 1. The number of rotatable bonds is 8. The van der Waals surface area contributed by atoms with E-state index in [4.69, 9.17) is 23.2 Å². The van der Waals surface area contributed by atoms with Gasteiger partial charge in [0.1, 0.15) is 0 Å². The number of likely N-dealkylation sites (N-methyl/N-ethyl adjacent to an activating group) is 1. The number of amides is 2. The van der Waals surface area contributed by atoms with Gasteiger partial charge in [-0.25, -0.2) is 8.42 Å². The molecule has 3 aromatic rings. The fourth-order valence-corrected chi connectivity index (χ4v) is 7.75. The highest BCUT2D eigenvalue weighted by Gasteiger charge is 2.32. The van der Waals surface area contributed by atoms with E-state index in [0.717, 1.165) is 25.2 Å². The van der Waals surface area contributed by atoms with Crippen LogP contribution in [0.4, 0.5) is 5.69 Å². The van der Waals surface area contributed by atoms with Crippen molar-refractivity contribution in [2.45, 2.75) is 43.9 Å². The van der Waals surface area contributed by atoms with Crippen LogP contribution in [0.2, 0.25) is 10.0 Å². The molecule has 0 bridgehead atoms. The van der Waals surface area contributed by atoms with Crippen molar-refractivity contribution in [1.82, 2.24) is 14.8 Å². The fourth-order valence-electron chi connectivity index (χ4n) is 5.63. The topological polar surface area (TPSA) is 103 Å². The number of aryl methyl sites for hydroxylation is 1.